The second kappa shape index (κ2) is 13.0. The summed E-state index contributed by atoms with van der Waals surface area (Å²) in [5, 5.41) is 6.72. The number of aromatic nitrogens is 2. The number of carbonyl (C=O) groups excluding carboxylic acids is 1. The average Bonchev–Trinajstić information content (AvgIpc) is 2.74. The van der Waals surface area contributed by atoms with Gasteiger partial charge in [-0.25, -0.2) is 9.97 Å². The van der Waals surface area contributed by atoms with Crippen LogP contribution < -0.4 is 15.5 Å². The largest absolute Gasteiger partial charge is 0.357 e. The van der Waals surface area contributed by atoms with Crippen molar-refractivity contribution in [3.8, 4) is 0 Å². The SMILES string of the molecule is CCCCCC(C)NC(=NCCC(=O)N1CCN(c2ncccn2)CC1)NCC. The quantitative estimate of drug-likeness (QED) is 0.353. The summed E-state index contributed by atoms with van der Waals surface area (Å²) in [6.45, 7) is 10.7. The van der Waals surface area contributed by atoms with Crippen molar-refractivity contribution in [3.05, 3.63) is 18.5 Å². The van der Waals surface area contributed by atoms with Crippen LogP contribution in [0.3, 0.4) is 0 Å². The monoisotopic (exact) mass is 403 g/mol. The zero-order valence-corrected chi connectivity index (χ0v) is 18.2. The number of nitrogens with one attached hydrogen (secondary N) is 2. The van der Waals surface area contributed by atoms with Crippen molar-refractivity contribution in [3.63, 3.8) is 0 Å². The molecule has 0 aliphatic carbocycles. The maximum atomic E-state index is 12.5. The fraction of sp³-hybridized carbons (Fsp3) is 0.714. The summed E-state index contributed by atoms with van der Waals surface area (Å²) in [6.07, 6.45) is 8.78. The minimum Gasteiger partial charge on any atom is -0.357 e. The average molecular weight is 404 g/mol. The van der Waals surface area contributed by atoms with Gasteiger partial charge in [-0.3, -0.25) is 9.79 Å². The van der Waals surface area contributed by atoms with E-state index in [0.29, 0.717) is 32.1 Å². The fourth-order valence-corrected chi connectivity index (χ4v) is 3.36. The number of amides is 1. The highest BCUT2D eigenvalue weighted by Gasteiger charge is 2.22. The minimum absolute atomic E-state index is 0.161. The Bertz CT molecular complexity index is 615. The first-order chi connectivity index (χ1) is 14.1. The Balaban J connectivity index is 1.73. The molecule has 0 radical (unpaired) electrons. The molecule has 162 valence electrons. The number of aliphatic imine (C=N–C) groups is 1. The molecular weight excluding hydrogens is 366 g/mol. The molecule has 2 rings (SSSR count). The summed E-state index contributed by atoms with van der Waals surface area (Å²) >= 11 is 0. The summed E-state index contributed by atoms with van der Waals surface area (Å²) in [5.74, 6) is 1.70. The Kier molecular flexibility index (Phi) is 10.2. The standard InChI is InChI=1S/C21H37N7O/c1-4-6-7-9-18(3)26-20(22-5-2)23-13-10-19(29)27-14-16-28(17-15-27)21-24-11-8-12-25-21/h8,11-12,18H,4-7,9-10,13-17H2,1-3H3,(H2,22,23,26). The van der Waals surface area contributed by atoms with E-state index in [1.165, 1.54) is 19.3 Å². The van der Waals surface area contributed by atoms with Crippen molar-refractivity contribution in [1.29, 1.82) is 0 Å². The molecular formula is C21H37N7O. The Morgan fingerprint density at radius 3 is 2.55 bits per heavy atom. The minimum atomic E-state index is 0.161. The highest BCUT2D eigenvalue weighted by Crippen LogP contribution is 2.10. The van der Waals surface area contributed by atoms with Crippen LogP contribution in [0.15, 0.2) is 23.5 Å². The van der Waals surface area contributed by atoms with Crippen molar-refractivity contribution in [2.45, 2.75) is 58.9 Å². The van der Waals surface area contributed by atoms with Crippen LogP contribution in [0.1, 0.15) is 52.9 Å². The van der Waals surface area contributed by atoms with E-state index in [1.807, 2.05) is 11.0 Å². The van der Waals surface area contributed by atoms with Crippen molar-refractivity contribution >= 4 is 17.8 Å². The molecule has 0 aromatic carbocycles. The molecule has 29 heavy (non-hydrogen) atoms. The van der Waals surface area contributed by atoms with Gasteiger partial charge in [0.05, 0.1) is 6.54 Å². The van der Waals surface area contributed by atoms with E-state index < -0.39 is 0 Å². The fourth-order valence-electron chi connectivity index (χ4n) is 3.36. The first-order valence-electron chi connectivity index (χ1n) is 11.0. The number of hydrogen-bond acceptors (Lipinski definition) is 5. The van der Waals surface area contributed by atoms with Crippen LogP contribution in [0.25, 0.3) is 0 Å². The first kappa shape index (κ1) is 22.9. The summed E-state index contributed by atoms with van der Waals surface area (Å²) in [6, 6.07) is 2.19. The van der Waals surface area contributed by atoms with Gasteiger partial charge in [-0.1, -0.05) is 26.2 Å². The van der Waals surface area contributed by atoms with E-state index in [2.05, 4.69) is 51.3 Å². The van der Waals surface area contributed by atoms with Crippen LogP contribution in [-0.4, -0.2) is 72.0 Å². The number of piperazine rings is 1. The molecule has 1 amide bonds. The number of anilines is 1. The van der Waals surface area contributed by atoms with E-state index in [-0.39, 0.29) is 5.91 Å². The molecule has 0 spiro atoms. The predicted molar refractivity (Wildman–Crippen MR) is 118 cm³/mol. The van der Waals surface area contributed by atoms with Gasteiger partial charge < -0.3 is 20.4 Å². The molecule has 2 N–H and O–H groups in total. The molecule has 1 fully saturated rings. The Morgan fingerprint density at radius 2 is 1.90 bits per heavy atom. The molecule has 0 saturated carbocycles. The van der Waals surface area contributed by atoms with Crippen molar-refractivity contribution in [2.75, 3.05) is 44.2 Å². The summed E-state index contributed by atoms with van der Waals surface area (Å²) in [7, 11) is 0. The number of unbranched alkanes of at least 4 members (excludes halogenated alkanes) is 2. The molecule has 1 atom stereocenters. The van der Waals surface area contributed by atoms with Gasteiger partial charge in [-0.05, 0) is 26.3 Å². The lowest BCUT2D eigenvalue weighted by Crippen LogP contribution is -2.49. The van der Waals surface area contributed by atoms with Crippen molar-refractivity contribution in [1.82, 2.24) is 25.5 Å². The maximum absolute atomic E-state index is 12.5. The molecule has 1 aromatic rings. The zero-order chi connectivity index (χ0) is 20.9. The number of hydrogen-bond donors (Lipinski definition) is 2. The van der Waals surface area contributed by atoms with E-state index in [4.69, 9.17) is 0 Å². The van der Waals surface area contributed by atoms with Gasteiger partial charge in [0.2, 0.25) is 11.9 Å². The summed E-state index contributed by atoms with van der Waals surface area (Å²) in [4.78, 5) is 29.7. The zero-order valence-electron chi connectivity index (χ0n) is 18.2. The van der Waals surface area contributed by atoms with E-state index in [0.717, 1.165) is 38.0 Å². The van der Waals surface area contributed by atoms with Gasteiger partial charge in [0, 0.05) is 57.6 Å². The summed E-state index contributed by atoms with van der Waals surface area (Å²) in [5.41, 5.74) is 0. The van der Waals surface area contributed by atoms with E-state index in [9.17, 15) is 4.79 Å². The van der Waals surface area contributed by atoms with Gasteiger partial charge in [-0.15, -0.1) is 0 Å². The molecule has 1 unspecified atom stereocenters. The van der Waals surface area contributed by atoms with Crippen LogP contribution in [0.4, 0.5) is 5.95 Å². The highest BCUT2D eigenvalue weighted by molar-refractivity contribution is 5.81. The molecule has 1 aliphatic heterocycles. The van der Waals surface area contributed by atoms with Crippen LogP contribution >= 0.6 is 0 Å². The highest BCUT2D eigenvalue weighted by atomic mass is 16.2. The number of guanidine groups is 1. The molecule has 1 saturated heterocycles. The van der Waals surface area contributed by atoms with Crippen LogP contribution in [0.2, 0.25) is 0 Å². The third-order valence-electron chi connectivity index (χ3n) is 5.03. The lowest BCUT2D eigenvalue weighted by molar-refractivity contribution is -0.131. The van der Waals surface area contributed by atoms with E-state index in [1.54, 1.807) is 12.4 Å². The third-order valence-corrected chi connectivity index (χ3v) is 5.03. The summed E-state index contributed by atoms with van der Waals surface area (Å²) < 4.78 is 0. The van der Waals surface area contributed by atoms with Gasteiger partial charge >= 0.3 is 0 Å². The molecule has 1 aromatic heterocycles. The Hall–Kier alpha value is -2.38. The number of rotatable bonds is 10. The molecule has 0 bridgehead atoms. The Morgan fingerprint density at radius 1 is 1.17 bits per heavy atom. The molecule has 8 heteroatoms. The smallest absolute Gasteiger partial charge is 0.225 e. The number of carbonyl (C=O) groups is 1. The normalized spacial score (nSPS) is 15.9. The van der Waals surface area contributed by atoms with Crippen LogP contribution in [0, 0.1) is 0 Å². The second-order valence-corrected chi connectivity index (χ2v) is 7.47. The lowest BCUT2D eigenvalue weighted by Gasteiger charge is -2.34. The van der Waals surface area contributed by atoms with Gasteiger partial charge in [0.25, 0.3) is 0 Å². The first-order valence-corrected chi connectivity index (χ1v) is 11.0. The van der Waals surface area contributed by atoms with Crippen molar-refractivity contribution < 1.29 is 4.79 Å². The lowest BCUT2D eigenvalue weighted by atomic mass is 10.1. The van der Waals surface area contributed by atoms with Crippen molar-refractivity contribution in [2.24, 2.45) is 4.99 Å². The maximum Gasteiger partial charge on any atom is 0.225 e. The van der Waals surface area contributed by atoms with Gasteiger partial charge in [0.1, 0.15) is 0 Å². The molecule has 2 heterocycles. The van der Waals surface area contributed by atoms with Gasteiger partial charge in [0.15, 0.2) is 5.96 Å². The van der Waals surface area contributed by atoms with Crippen LogP contribution in [-0.2, 0) is 4.79 Å². The second-order valence-electron chi connectivity index (χ2n) is 7.47. The topological polar surface area (TPSA) is 85.8 Å². The van der Waals surface area contributed by atoms with E-state index >= 15 is 0 Å². The predicted octanol–water partition coefficient (Wildman–Crippen LogP) is 2.04. The third kappa shape index (κ3) is 8.25. The van der Waals surface area contributed by atoms with Gasteiger partial charge in [-0.2, -0.15) is 0 Å². The van der Waals surface area contributed by atoms with Crippen LogP contribution in [0.5, 0.6) is 0 Å². The molecule has 1 aliphatic rings. The molecule has 8 nitrogen and oxygen atoms in total. The Labute approximate surface area is 175 Å². The number of nitrogens with zero attached hydrogens (tertiary/aromatic N) is 5.